The monoisotopic (exact) mass is 256 g/mol. The minimum absolute atomic E-state index is 0.885. The molecule has 0 unspecified atom stereocenters. The number of hydrogen-bond donors (Lipinski definition) is 1. The molecule has 4 heteroatoms. The van der Waals surface area contributed by atoms with E-state index in [1.54, 1.807) is 11.3 Å². The maximum absolute atomic E-state index is 5.86. The molecule has 18 heavy (non-hydrogen) atoms. The quantitative estimate of drug-likeness (QED) is 0.726. The largest absolute Gasteiger partial charge is 0.454 e. The van der Waals surface area contributed by atoms with E-state index in [1.807, 2.05) is 18.2 Å². The Morgan fingerprint density at radius 2 is 2.22 bits per heavy atom. The molecule has 0 bridgehead atoms. The first-order valence-electron chi connectivity index (χ1n) is 6.08. The molecule has 4 rings (SSSR count). The van der Waals surface area contributed by atoms with Gasteiger partial charge >= 0.3 is 0 Å². The SMILES string of the molecule is c1ccc2oc(-c3nc4c(s3)CNCC4)cc2c1. The Hall–Kier alpha value is -1.65. The zero-order chi connectivity index (χ0) is 11.9. The highest BCUT2D eigenvalue weighted by molar-refractivity contribution is 7.15. The molecule has 2 aromatic heterocycles. The van der Waals surface area contributed by atoms with Crippen LogP contribution in [0.5, 0.6) is 0 Å². The summed E-state index contributed by atoms with van der Waals surface area (Å²) in [7, 11) is 0. The highest BCUT2D eigenvalue weighted by Crippen LogP contribution is 2.33. The number of thiazole rings is 1. The van der Waals surface area contributed by atoms with Crippen molar-refractivity contribution in [3.05, 3.63) is 40.9 Å². The fourth-order valence-electron chi connectivity index (χ4n) is 2.32. The van der Waals surface area contributed by atoms with Gasteiger partial charge in [-0.25, -0.2) is 4.98 Å². The van der Waals surface area contributed by atoms with Crippen LogP contribution in [0.1, 0.15) is 10.6 Å². The number of aromatic nitrogens is 1. The number of rotatable bonds is 1. The van der Waals surface area contributed by atoms with Gasteiger partial charge in [-0.05, 0) is 12.1 Å². The Morgan fingerprint density at radius 3 is 3.11 bits per heavy atom. The third-order valence-corrected chi connectivity index (χ3v) is 4.35. The van der Waals surface area contributed by atoms with E-state index in [1.165, 1.54) is 10.6 Å². The van der Waals surface area contributed by atoms with Crippen molar-refractivity contribution in [3.63, 3.8) is 0 Å². The first kappa shape index (κ1) is 10.3. The average Bonchev–Trinajstić information content (AvgIpc) is 3.02. The topological polar surface area (TPSA) is 38.1 Å². The molecule has 0 atom stereocenters. The molecule has 1 aliphatic rings. The van der Waals surface area contributed by atoms with Crippen molar-refractivity contribution < 1.29 is 4.42 Å². The lowest BCUT2D eigenvalue weighted by molar-refractivity contribution is 0.627. The number of hydrogen-bond acceptors (Lipinski definition) is 4. The number of para-hydroxylation sites is 1. The van der Waals surface area contributed by atoms with E-state index in [4.69, 9.17) is 9.40 Å². The second-order valence-electron chi connectivity index (χ2n) is 4.46. The number of benzene rings is 1. The van der Waals surface area contributed by atoms with Gasteiger partial charge in [-0.1, -0.05) is 18.2 Å². The van der Waals surface area contributed by atoms with Gasteiger partial charge in [-0.15, -0.1) is 11.3 Å². The predicted octanol–water partition coefficient (Wildman–Crippen LogP) is 3.20. The molecule has 0 aliphatic carbocycles. The lowest BCUT2D eigenvalue weighted by atomic mass is 10.2. The summed E-state index contributed by atoms with van der Waals surface area (Å²) in [6, 6.07) is 10.2. The van der Waals surface area contributed by atoms with Crippen molar-refractivity contribution in [1.29, 1.82) is 0 Å². The second kappa shape index (κ2) is 3.93. The molecule has 3 aromatic rings. The van der Waals surface area contributed by atoms with Crippen LogP contribution in [0, 0.1) is 0 Å². The molecule has 0 saturated carbocycles. The van der Waals surface area contributed by atoms with Crippen LogP contribution < -0.4 is 5.32 Å². The van der Waals surface area contributed by atoms with Crippen molar-refractivity contribution in [2.75, 3.05) is 6.54 Å². The fourth-order valence-corrected chi connectivity index (χ4v) is 3.35. The highest BCUT2D eigenvalue weighted by atomic mass is 32.1. The number of nitrogens with one attached hydrogen (secondary N) is 1. The Labute approximate surface area is 108 Å². The molecular weight excluding hydrogens is 244 g/mol. The highest BCUT2D eigenvalue weighted by Gasteiger charge is 2.17. The van der Waals surface area contributed by atoms with Gasteiger partial charge < -0.3 is 9.73 Å². The summed E-state index contributed by atoms with van der Waals surface area (Å²) < 4.78 is 5.86. The standard InChI is InChI=1S/C14H12N2OS/c1-2-4-11-9(3-1)7-12(17-11)14-16-10-5-6-15-8-13(10)18-14/h1-4,7,15H,5-6,8H2. The third-order valence-electron chi connectivity index (χ3n) is 3.24. The lowest BCUT2D eigenvalue weighted by Gasteiger charge is -2.09. The van der Waals surface area contributed by atoms with Crippen LogP contribution >= 0.6 is 11.3 Å². The summed E-state index contributed by atoms with van der Waals surface area (Å²) >= 11 is 1.74. The van der Waals surface area contributed by atoms with Crippen LogP contribution in [0.2, 0.25) is 0 Å². The molecule has 1 aromatic carbocycles. The zero-order valence-electron chi connectivity index (χ0n) is 9.77. The second-order valence-corrected chi connectivity index (χ2v) is 5.55. The molecule has 0 saturated heterocycles. The Bertz CT molecular complexity index is 657. The molecule has 3 nitrogen and oxygen atoms in total. The molecule has 0 spiro atoms. The van der Waals surface area contributed by atoms with Gasteiger partial charge in [-0.2, -0.15) is 0 Å². The number of nitrogens with zero attached hydrogens (tertiary/aromatic N) is 1. The summed E-state index contributed by atoms with van der Waals surface area (Å²) in [5.74, 6) is 0.885. The maximum Gasteiger partial charge on any atom is 0.164 e. The van der Waals surface area contributed by atoms with Gasteiger partial charge in [0, 0.05) is 29.8 Å². The fraction of sp³-hybridized carbons (Fsp3) is 0.214. The normalized spacial score (nSPS) is 14.9. The van der Waals surface area contributed by atoms with Crippen molar-refractivity contribution in [2.24, 2.45) is 0 Å². The average molecular weight is 256 g/mol. The van der Waals surface area contributed by atoms with Crippen LogP contribution in [0.4, 0.5) is 0 Å². The van der Waals surface area contributed by atoms with Crippen molar-refractivity contribution in [3.8, 4) is 10.8 Å². The molecule has 0 amide bonds. The molecular formula is C14H12N2OS. The van der Waals surface area contributed by atoms with Gasteiger partial charge in [0.05, 0.1) is 5.69 Å². The number of fused-ring (bicyclic) bond motifs is 2. The number of furan rings is 1. The summed E-state index contributed by atoms with van der Waals surface area (Å²) in [4.78, 5) is 6.05. The van der Waals surface area contributed by atoms with E-state index in [0.717, 1.165) is 41.2 Å². The Balaban J connectivity index is 1.84. The van der Waals surface area contributed by atoms with Gasteiger partial charge in [-0.3, -0.25) is 0 Å². The zero-order valence-corrected chi connectivity index (χ0v) is 10.6. The van der Waals surface area contributed by atoms with Crippen LogP contribution in [0.25, 0.3) is 21.7 Å². The van der Waals surface area contributed by atoms with Gasteiger partial charge in [0.1, 0.15) is 5.58 Å². The minimum atomic E-state index is 0.885. The maximum atomic E-state index is 5.86. The van der Waals surface area contributed by atoms with E-state index in [0.29, 0.717) is 0 Å². The lowest BCUT2D eigenvalue weighted by Crippen LogP contribution is -2.22. The summed E-state index contributed by atoms with van der Waals surface area (Å²) in [6.07, 6.45) is 1.02. The van der Waals surface area contributed by atoms with Crippen LogP contribution in [-0.2, 0) is 13.0 Å². The Morgan fingerprint density at radius 1 is 1.28 bits per heavy atom. The Kier molecular flexibility index (Phi) is 2.25. The van der Waals surface area contributed by atoms with Crippen LogP contribution in [0.3, 0.4) is 0 Å². The van der Waals surface area contributed by atoms with Crippen LogP contribution in [0.15, 0.2) is 34.7 Å². The third kappa shape index (κ3) is 1.57. The van der Waals surface area contributed by atoms with E-state index in [2.05, 4.69) is 17.4 Å². The van der Waals surface area contributed by atoms with Gasteiger partial charge in [0.25, 0.3) is 0 Å². The first-order valence-corrected chi connectivity index (χ1v) is 6.90. The van der Waals surface area contributed by atoms with Gasteiger partial charge in [0.15, 0.2) is 10.8 Å². The minimum Gasteiger partial charge on any atom is -0.454 e. The summed E-state index contributed by atoms with van der Waals surface area (Å²) in [5, 5.41) is 5.51. The van der Waals surface area contributed by atoms with Gasteiger partial charge in [0.2, 0.25) is 0 Å². The smallest absolute Gasteiger partial charge is 0.164 e. The molecule has 0 radical (unpaired) electrons. The molecule has 3 heterocycles. The predicted molar refractivity (Wildman–Crippen MR) is 72.7 cm³/mol. The molecule has 1 aliphatic heterocycles. The molecule has 0 fully saturated rings. The van der Waals surface area contributed by atoms with Crippen molar-refractivity contribution >= 4 is 22.3 Å². The molecule has 90 valence electrons. The van der Waals surface area contributed by atoms with E-state index in [9.17, 15) is 0 Å². The first-order chi connectivity index (χ1) is 8.90. The summed E-state index contributed by atoms with van der Waals surface area (Å²) in [5.41, 5.74) is 2.16. The van der Waals surface area contributed by atoms with Crippen LogP contribution in [-0.4, -0.2) is 11.5 Å². The summed E-state index contributed by atoms with van der Waals surface area (Å²) in [6.45, 7) is 1.96. The van der Waals surface area contributed by atoms with Crippen molar-refractivity contribution in [2.45, 2.75) is 13.0 Å². The van der Waals surface area contributed by atoms with Crippen molar-refractivity contribution in [1.82, 2.24) is 10.3 Å². The van der Waals surface area contributed by atoms with E-state index >= 15 is 0 Å². The van der Waals surface area contributed by atoms with E-state index in [-0.39, 0.29) is 0 Å². The van der Waals surface area contributed by atoms with E-state index < -0.39 is 0 Å². The molecule has 1 N–H and O–H groups in total.